The van der Waals surface area contributed by atoms with Crippen molar-refractivity contribution < 1.29 is 14.3 Å². The van der Waals surface area contributed by atoms with Gasteiger partial charge in [-0.15, -0.1) is 0 Å². The predicted octanol–water partition coefficient (Wildman–Crippen LogP) is 0.225. The molecule has 3 aliphatic heterocycles. The first-order valence-corrected chi connectivity index (χ1v) is 8.52. The summed E-state index contributed by atoms with van der Waals surface area (Å²) in [7, 11) is 1.66. The standard InChI is InChI=1S/C17H24N4O3/c1-23-13-17-11-19-10-15(22)21(17)12-16(24-17)4-8-20(9-5-16)14-2-6-18-7-3-14/h2-3,6-7,19H,4-5,8-13H2,1H3. The van der Waals surface area contributed by atoms with Gasteiger partial charge in [0.05, 0.1) is 25.3 Å². The number of rotatable bonds is 3. The molecule has 130 valence electrons. The number of anilines is 1. The Morgan fingerprint density at radius 3 is 2.79 bits per heavy atom. The highest BCUT2D eigenvalue weighted by Gasteiger charge is 2.58. The number of hydrogen-bond donors (Lipinski definition) is 1. The van der Waals surface area contributed by atoms with E-state index in [1.807, 2.05) is 29.4 Å². The van der Waals surface area contributed by atoms with Crippen LogP contribution in [-0.4, -0.2) is 73.6 Å². The van der Waals surface area contributed by atoms with E-state index in [2.05, 4.69) is 15.2 Å². The van der Waals surface area contributed by atoms with Crippen LogP contribution in [0.2, 0.25) is 0 Å². The Morgan fingerprint density at radius 1 is 1.33 bits per heavy atom. The minimum atomic E-state index is -0.650. The van der Waals surface area contributed by atoms with Crippen LogP contribution in [0.3, 0.4) is 0 Å². The van der Waals surface area contributed by atoms with Crippen molar-refractivity contribution in [3.63, 3.8) is 0 Å². The van der Waals surface area contributed by atoms with Gasteiger partial charge in [0.15, 0.2) is 5.72 Å². The van der Waals surface area contributed by atoms with Crippen molar-refractivity contribution in [2.75, 3.05) is 51.3 Å². The maximum absolute atomic E-state index is 12.4. The van der Waals surface area contributed by atoms with E-state index >= 15 is 0 Å². The molecule has 24 heavy (non-hydrogen) atoms. The molecule has 1 aromatic rings. The molecular formula is C17H24N4O3. The number of aromatic nitrogens is 1. The number of piperazine rings is 1. The van der Waals surface area contributed by atoms with Gasteiger partial charge in [-0.05, 0) is 25.0 Å². The normalized spacial score (nSPS) is 29.1. The van der Waals surface area contributed by atoms with Crippen molar-refractivity contribution in [1.82, 2.24) is 15.2 Å². The van der Waals surface area contributed by atoms with Crippen LogP contribution in [0.5, 0.6) is 0 Å². The van der Waals surface area contributed by atoms with Crippen LogP contribution in [0.25, 0.3) is 0 Å². The molecule has 7 nitrogen and oxygen atoms in total. The van der Waals surface area contributed by atoms with Gasteiger partial charge in [0.2, 0.25) is 5.91 Å². The molecule has 0 radical (unpaired) electrons. The minimum absolute atomic E-state index is 0.103. The van der Waals surface area contributed by atoms with Crippen molar-refractivity contribution in [3.8, 4) is 0 Å². The largest absolute Gasteiger partial charge is 0.380 e. The van der Waals surface area contributed by atoms with Crippen LogP contribution in [0.4, 0.5) is 5.69 Å². The summed E-state index contributed by atoms with van der Waals surface area (Å²) in [5.74, 6) is 0.103. The Labute approximate surface area is 141 Å². The highest BCUT2D eigenvalue weighted by molar-refractivity contribution is 5.80. The quantitative estimate of drug-likeness (QED) is 0.854. The van der Waals surface area contributed by atoms with Crippen LogP contribution >= 0.6 is 0 Å². The molecule has 1 unspecified atom stereocenters. The van der Waals surface area contributed by atoms with E-state index in [9.17, 15) is 4.79 Å². The van der Waals surface area contributed by atoms with Crippen molar-refractivity contribution in [3.05, 3.63) is 24.5 Å². The molecule has 0 aromatic carbocycles. The molecule has 1 atom stereocenters. The highest BCUT2D eigenvalue weighted by Crippen LogP contribution is 2.42. The van der Waals surface area contributed by atoms with Crippen LogP contribution in [0.15, 0.2) is 24.5 Å². The van der Waals surface area contributed by atoms with Crippen molar-refractivity contribution in [2.45, 2.75) is 24.2 Å². The zero-order valence-corrected chi connectivity index (χ0v) is 14.0. The van der Waals surface area contributed by atoms with Gasteiger partial charge in [0.1, 0.15) is 0 Å². The van der Waals surface area contributed by atoms with E-state index in [-0.39, 0.29) is 11.5 Å². The lowest BCUT2D eigenvalue weighted by molar-refractivity contribution is -0.186. The number of piperidine rings is 1. The van der Waals surface area contributed by atoms with Gasteiger partial charge in [-0.25, -0.2) is 0 Å². The van der Waals surface area contributed by atoms with Gasteiger partial charge in [-0.1, -0.05) is 0 Å². The fourth-order valence-electron chi connectivity index (χ4n) is 4.20. The van der Waals surface area contributed by atoms with E-state index < -0.39 is 5.72 Å². The molecule has 3 aliphatic rings. The molecule has 4 rings (SSSR count). The molecule has 7 heteroatoms. The van der Waals surface area contributed by atoms with E-state index in [4.69, 9.17) is 9.47 Å². The second-order valence-corrected chi connectivity index (χ2v) is 6.94. The number of nitrogens with one attached hydrogen (secondary N) is 1. The fourth-order valence-corrected chi connectivity index (χ4v) is 4.20. The fraction of sp³-hybridized carbons (Fsp3) is 0.647. The summed E-state index contributed by atoms with van der Waals surface area (Å²) in [4.78, 5) is 20.7. The zero-order valence-electron chi connectivity index (χ0n) is 14.0. The number of fused-ring (bicyclic) bond motifs is 1. The molecule has 3 fully saturated rings. The van der Waals surface area contributed by atoms with E-state index in [1.165, 1.54) is 5.69 Å². The van der Waals surface area contributed by atoms with Crippen LogP contribution in [0.1, 0.15) is 12.8 Å². The van der Waals surface area contributed by atoms with Crippen molar-refractivity contribution in [1.29, 1.82) is 0 Å². The molecular weight excluding hydrogens is 308 g/mol. The van der Waals surface area contributed by atoms with Gasteiger partial charge < -0.3 is 24.6 Å². The van der Waals surface area contributed by atoms with Gasteiger partial charge in [0, 0.05) is 44.8 Å². The monoisotopic (exact) mass is 332 g/mol. The maximum Gasteiger partial charge on any atom is 0.238 e. The predicted molar refractivity (Wildman–Crippen MR) is 88.7 cm³/mol. The van der Waals surface area contributed by atoms with Gasteiger partial charge in [0.25, 0.3) is 0 Å². The summed E-state index contributed by atoms with van der Waals surface area (Å²) < 4.78 is 11.9. The van der Waals surface area contributed by atoms with Crippen molar-refractivity contribution in [2.24, 2.45) is 0 Å². The Bertz CT molecular complexity index is 599. The SMILES string of the molecule is COCC12CNCC(=O)N1CC1(CCN(c3ccncc3)CC1)O2. The molecule has 0 bridgehead atoms. The summed E-state index contributed by atoms with van der Waals surface area (Å²) in [6.07, 6.45) is 5.46. The molecule has 0 aliphatic carbocycles. The zero-order chi connectivity index (χ0) is 16.6. The van der Waals surface area contributed by atoms with E-state index in [0.717, 1.165) is 25.9 Å². The second kappa shape index (κ2) is 5.98. The van der Waals surface area contributed by atoms with Crippen LogP contribution in [0, 0.1) is 0 Å². The van der Waals surface area contributed by atoms with E-state index in [0.29, 0.717) is 26.2 Å². The average Bonchev–Trinajstić information content (AvgIpc) is 2.92. The third-order valence-corrected chi connectivity index (χ3v) is 5.40. The Morgan fingerprint density at radius 2 is 2.08 bits per heavy atom. The summed E-state index contributed by atoms with van der Waals surface area (Å²) in [6, 6.07) is 4.08. The third-order valence-electron chi connectivity index (χ3n) is 5.40. The summed E-state index contributed by atoms with van der Waals surface area (Å²) >= 11 is 0. The lowest BCUT2D eigenvalue weighted by atomic mass is 9.91. The smallest absolute Gasteiger partial charge is 0.238 e. The first-order chi connectivity index (χ1) is 11.7. The second-order valence-electron chi connectivity index (χ2n) is 6.94. The van der Waals surface area contributed by atoms with Gasteiger partial charge in [-0.2, -0.15) is 0 Å². The lowest BCUT2D eigenvalue weighted by Crippen LogP contribution is -2.63. The number of methoxy groups -OCH3 is 1. The van der Waals surface area contributed by atoms with Crippen LogP contribution in [-0.2, 0) is 14.3 Å². The van der Waals surface area contributed by atoms with Crippen LogP contribution < -0.4 is 10.2 Å². The Balaban J connectivity index is 1.50. The number of pyridine rings is 1. The minimum Gasteiger partial charge on any atom is -0.380 e. The number of ether oxygens (including phenoxy) is 2. The first kappa shape index (κ1) is 15.8. The molecule has 1 spiro atoms. The van der Waals surface area contributed by atoms with Crippen molar-refractivity contribution >= 4 is 11.6 Å². The molecule has 4 heterocycles. The highest BCUT2D eigenvalue weighted by atomic mass is 16.6. The molecule has 1 amide bonds. The third kappa shape index (κ3) is 2.56. The number of hydrogen-bond acceptors (Lipinski definition) is 6. The molecule has 0 saturated carbocycles. The number of carbonyl (C=O) groups excluding carboxylic acids is 1. The molecule has 1 aromatic heterocycles. The first-order valence-electron chi connectivity index (χ1n) is 8.52. The number of nitrogens with zero attached hydrogens (tertiary/aromatic N) is 3. The summed E-state index contributed by atoms with van der Waals surface area (Å²) in [6.45, 7) is 3.92. The topological polar surface area (TPSA) is 66.9 Å². The Hall–Kier alpha value is -1.70. The number of amides is 1. The van der Waals surface area contributed by atoms with E-state index in [1.54, 1.807) is 7.11 Å². The van der Waals surface area contributed by atoms with Gasteiger partial charge >= 0.3 is 0 Å². The maximum atomic E-state index is 12.4. The summed E-state index contributed by atoms with van der Waals surface area (Å²) in [5, 5.41) is 3.17. The molecule has 3 saturated heterocycles. The molecule has 1 N–H and O–H groups in total. The number of carbonyl (C=O) groups is 1. The summed E-state index contributed by atoms with van der Waals surface area (Å²) in [5.41, 5.74) is 0.284. The lowest BCUT2D eigenvalue weighted by Gasteiger charge is -2.42. The average molecular weight is 332 g/mol. The Kier molecular flexibility index (Phi) is 3.94. The van der Waals surface area contributed by atoms with Gasteiger partial charge in [-0.3, -0.25) is 9.78 Å².